The summed E-state index contributed by atoms with van der Waals surface area (Å²) >= 11 is 11.9. The van der Waals surface area contributed by atoms with E-state index in [9.17, 15) is 0 Å². The highest BCUT2D eigenvalue weighted by Gasteiger charge is 2.10. The van der Waals surface area contributed by atoms with Crippen molar-refractivity contribution in [3.05, 3.63) is 58.6 Å². The minimum absolute atomic E-state index is 0.303. The predicted octanol–water partition coefficient (Wildman–Crippen LogP) is 3.11. The van der Waals surface area contributed by atoms with Gasteiger partial charge in [0.2, 0.25) is 0 Å². The van der Waals surface area contributed by atoms with E-state index in [1.54, 1.807) is 6.07 Å². The molecule has 2 aromatic heterocycles. The van der Waals surface area contributed by atoms with E-state index in [0.29, 0.717) is 34.7 Å². The van der Waals surface area contributed by atoms with Crippen molar-refractivity contribution in [1.82, 2.24) is 19.6 Å². The van der Waals surface area contributed by atoms with E-state index in [-0.39, 0.29) is 0 Å². The predicted molar refractivity (Wildman–Crippen MR) is 74.6 cm³/mol. The Hall–Kier alpha value is -1.65. The summed E-state index contributed by atoms with van der Waals surface area (Å²) in [6, 6.07) is 11.7. The standard InChI is InChI=1S/C13H10Cl2N4/c14-8-10-7-11(15)19-13(16-10)17-12(18-19)6-9-4-2-1-3-5-9/h1-5,7H,6,8H2. The van der Waals surface area contributed by atoms with Gasteiger partial charge in [-0.2, -0.15) is 9.50 Å². The van der Waals surface area contributed by atoms with Crippen LogP contribution in [0.1, 0.15) is 17.1 Å². The molecule has 0 unspecified atom stereocenters. The first-order valence-corrected chi connectivity index (χ1v) is 6.68. The van der Waals surface area contributed by atoms with Crippen molar-refractivity contribution in [1.29, 1.82) is 0 Å². The molecule has 0 radical (unpaired) electrons. The molecule has 0 atom stereocenters. The molecular weight excluding hydrogens is 283 g/mol. The molecule has 19 heavy (non-hydrogen) atoms. The molecule has 0 aliphatic heterocycles. The Kier molecular flexibility index (Phi) is 3.36. The normalized spacial score (nSPS) is 11.1. The minimum atomic E-state index is 0.303. The Balaban J connectivity index is 2.00. The van der Waals surface area contributed by atoms with Crippen LogP contribution in [0.15, 0.2) is 36.4 Å². The van der Waals surface area contributed by atoms with Crippen LogP contribution in [0.25, 0.3) is 5.78 Å². The van der Waals surface area contributed by atoms with Crippen LogP contribution in [-0.4, -0.2) is 19.6 Å². The quantitative estimate of drug-likeness (QED) is 0.550. The number of hydrogen-bond acceptors (Lipinski definition) is 3. The molecule has 4 nitrogen and oxygen atoms in total. The zero-order chi connectivity index (χ0) is 13.2. The maximum atomic E-state index is 6.12. The molecule has 3 rings (SSSR count). The van der Waals surface area contributed by atoms with Crippen molar-refractivity contribution in [2.24, 2.45) is 0 Å². The van der Waals surface area contributed by atoms with E-state index in [4.69, 9.17) is 23.2 Å². The van der Waals surface area contributed by atoms with Gasteiger partial charge in [0.15, 0.2) is 5.82 Å². The third-order valence-electron chi connectivity index (χ3n) is 2.71. The smallest absolute Gasteiger partial charge is 0.215 e. The van der Waals surface area contributed by atoms with Crippen molar-refractivity contribution in [3.8, 4) is 0 Å². The van der Waals surface area contributed by atoms with Crippen LogP contribution < -0.4 is 0 Å². The first kappa shape index (κ1) is 12.4. The molecule has 0 spiro atoms. The summed E-state index contributed by atoms with van der Waals surface area (Å²) in [6.07, 6.45) is 0.650. The fourth-order valence-electron chi connectivity index (χ4n) is 1.84. The van der Waals surface area contributed by atoms with Crippen molar-refractivity contribution < 1.29 is 0 Å². The Labute approximate surface area is 120 Å². The van der Waals surface area contributed by atoms with Gasteiger partial charge in [0.1, 0.15) is 5.15 Å². The van der Waals surface area contributed by atoms with Gasteiger partial charge < -0.3 is 0 Å². The molecule has 0 saturated heterocycles. The molecule has 0 fully saturated rings. The first-order valence-electron chi connectivity index (χ1n) is 5.77. The van der Waals surface area contributed by atoms with E-state index < -0.39 is 0 Å². The molecule has 2 heterocycles. The number of rotatable bonds is 3. The molecule has 6 heteroatoms. The Morgan fingerprint density at radius 3 is 2.63 bits per heavy atom. The minimum Gasteiger partial charge on any atom is -0.215 e. The number of fused-ring (bicyclic) bond motifs is 1. The van der Waals surface area contributed by atoms with Crippen LogP contribution in [0.3, 0.4) is 0 Å². The maximum absolute atomic E-state index is 6.12. The van der Waals surface area contributed by atoms with Gasteiger partial charge in [-0.25, -0.2) is 4.98 Å². The highest BCUT2D eigenvalue weighted by atomic mass is 35.5. The van der Waals surface area contributed by atoms with Crippen LogP contribution >= 0.6 is 23.2 Å². The topological polar surface area (TPSA) is 43.1 Å². The molecule has 0 saturated carbocycles. The van der Waals surface area contributed by atoms with E-state index in [2.05, 4.69) is 15.1 Å². The van der Waals surface area contributed by atoms with Crippen molar-refractivity contribution >= 4 is 29.0 Å². The first-order chi connectivity index (χ1) is 9.26. The summed E-state index contributed by atoms with van der Waals surface area (Å²) in [5.74, 6) is 1.47. The van der Waals surface area contributed by atoms with Gasteiger partial charge in [-0.3, -0.25) is 0 Å². The lowest BCUT2D eigenvalue weighted by atomic mass is 10.1. The molecule has 1 aromatic carbocycles. The van der Waals surface area contributed by atoms with Crippen LogP contribution in [0, 0.1) is 0 Å². The number of alkyl halides is 1. The zero-order valence-electron chi connectivity index (χ0n) is 9.92. The van der Waals surface area contributed by atoms with Gasteiger partial charge in [-0.15, -0.1) is 16.7 Å². The number of nitrogens with zero attached hydrogens (tertiary/aromatic N) is 4. The molecule has 0 N–H and O–H groups in total. The van der Waals surface area contributed by atoms with Gasteiger partial charge in [0.25, 0.3) is 5.78 Å². The lowest BCUT2D eigenvalue weighted by molar-refractivity contribution is 0.886. The molecule has 0 aliphatic rings. The number of aromatic nitrogens is 4. The van der Waals surface area contributed by atoms with Gasteiger partial charge in [-0.05, 0) is 11.6 Å². The molecule has 0 bridgehead atoms. The Morgan fingerprint density at radius 1 is 1.11 bits per heavy atom. The van der Waals surface area contributed by atoms with Crippen molar-refractivity contribution in [2.75, 3.05) is 0 Å². The maximum Gasteiger partial charge on any atom is 0.254 e. The Bertz CT molecular complexity index is 709. The van der Waals surface area contributed by atoms with Crippen molar-refractivity contribution in [2.45, 2.75) is 12.3 Å². The van der Waals surface area contributed by atoms with E-state index >= 15 is 0 Å². The van der Waals surface area contributed by atoms with Crippen LogP contribution in [0.4, 0.5) is 0 Å². The summed E-state index contributed by atoms with van der Waals surface area (Å²) in [7, 11) is 0. The Morgan fingerprint density at radius 2 is 1.89 bits per heavy atom. The summed E-state index contributed by atoms with van der Waals surface area (Å²) in [4.78, 5) is 8.66. The highest BCUT2D eigenvalue weighted by molar-refractivity contribution is 6.29. The van der Waals surface area contributed by atoms with Crippen LogP contribution in [0.2, 0.25) is 5.15 Å². The van der Waals surface area contributed by atoms with Gasteiger partial charge >= 0.3 is 0 Å². The third-order valence-corrected chi connectivity index (χ3v) is 3.25. The molecular formula is C13H10Cl2N4. The molecule has 0 amide bonds. The third kappa shape index (κ3) is 2.55. The van der Waals surface area contributed by atoms with Gasteiger partial charge in [0, 0.05) is 6.42 Å². The van der Waals surface area contributed by atoms with Crippen molar-refractivity contribution in [3.63, 3.8) is 0 Å². The van der Waals surface area contributed by atoms with E-state index in [1.807, 2.05) is 30.3 Å². The monoisotopic (exact) mass is 292 g/mol. The fraction of sp³-hybridized carbons (Fsp3) is 0.154. The molecule has 96 valence electrons. The number of benzene rings is 1. The summed E-state index contributed by atoms with van der Waals surface area (Å²) in [5.41, 5.74) is 1.84. The van der Waals surface area contributed by atoms with Gasteiger partial charge in [0.05, 0.1) is 11.6 Å². The average Bonchev–Trinajstić information content (AvgIpc) is 2.83. The molecule has 3 aromatic rings. The summed E-state index contributed by atoms with van der Waals surface area (Å²) < 4.78 is 1.52. The second kappa shape index (κ2) is 5.15. The lowest BCUT2D eigenvalue weighted by Crippen LogP contribution is -1.96. The summed E-state index contributed by atoms with van der Waals surface area (Å²) in [6.45, 7) is 0. The van der Waals surface area contributed by atoms with Gasteiger partial charge in [-0.1, -0.05) is 41.9 Å². The van der Waals surface area contributed by atoms with E-state index in [0.717, 1.165) is 5.56 Å². The number of halogens is 2. The zero-order valence-corrected chi connectivity index (χ0v) is 11.4. The second-order valence-corrected chi connectivity index (χ2v) is 4.76. The lowest BCUT2D eigenvalue weighted by Gasteiger charge is -1.97. The second-order valence-electron chi connectivity index (χ2n) is 4.11. The largest absolute Gasteiger partial charge is 0.254 e. The fourth-order valence-corrected chi connectivity index (χ4v) is 2.22. The number of hydrogen-bond donors (Lipinski definition) is 0. The van der Waals surface area contributed by atoms with E-state index in [1.165, 1.54) is 4.52 Å². The molecule has 0 aliphatic carbocycles. The average molecular weight is 293 g/mol. The summed E-state index contributed by atoms with van der Waals surface area (Å²) in [5, 5.41) is 4.82. The van der Waals surface area contributed by atoms with Crippen LogP contribution in [0.5, 0.6) is 0 Å². The van der Waals surface area contributed by atoms with Crippen LogP contribution in [-0.2, 0) is 12.3 Å². The SMILES string of the molecule is ClCc1cc(Cl)n2nc(Cc3ccccc3)nc2n1. The highest BCUT2D eigenvalue weighted by Crippen LogP contribution is 2.14.